The highest BCUT2D eigenvalue weighted by molar-refractivity contribution is 14.1. The third-order valence-electron chi connectivity index (χ3n) is 1.68. The van der Waals surface area contributed by atoms with Crippen LogP contribution in [0.25, 0.3) is 0 Å². The molecular formula is C8H11IO2. The molecule has 0 unspecified atom stereocenters. The molecule has 0 aliphatic heterocycles. The average molecular weight is 266 g/mol. The van der Waals surface area contributed by atoms with E-state index >= 15 is 0 Å². The largest absolute Gasteiger partial charge is 0.464 e. The van der Waals surface area contributed by atoms with Gasteiger partial charge in [0.05, 0.1) is 11.0 Å². The van der Waals surface area contributed by atoms with Gasteiger partial charge in [-0.05, 0) is 12.8 Å². The van der Waals surface area contributed by atoms with E-state index in [9.17, 15) is 4.79 Å². The second-order valence-corrected chi connectivity index (χ2v) is 3.35. The van der Waals surface area contributed by atoms with Crippen molar-refractivity contribution in [1.82, 2.24) is 0 Å². The van der Waals surface area contributed by atoms with Crippen LogP contribution < -0.4 is 0 Å². The van der Waals surface area contributed by atoms with Gasteiger partial charge in [-0.1, -0.05) is 34.7 Å². The SMILES string of the molecule is O=C(CI)OC[C@H]1C=CCC1. The quantitative estimate of drug-likeness (QED) is 0.337. The summed E-state index contributed by atoms with van der Waals surface area (Å²) in [5.74, 6) is 0.368. The molecule has 3 heteroatoms. The summed E-state index contributed by atoms with van der Waals surface area (Å²) in [5.41, 5.74) is 0. The van der Waals surface area contributed by atoms with Gasteiger partial charge in [0, 0.05) is 5.92 Å². The van der Waals surface area contributed by atoms with Gasteiger partial charge in [-0.15, -0.1) is 0 Å². The summed E-state index contributed by atoms with van der Waals surface area (Å²) in [4.78, 5) is 10.7. The highest BCUT2D eigenvalue weighted by Gasteiger charge is 2.10. The third-order valence-corrected chi connectivity index (χ3v) is 2.30. The summed E-state index contributed by atoms with van der Waals surface area (Å²) in [7, 11) is 0. The summed E-state index contributed by atoms with van der Waals surface area (Å²) < 4.78 is 5.43. The van der Waals surface area contributed by atoms with E-state index < -0.39 is 0 Å². The van der Waals surface area contributed by atoms with E-state index in [0.717, 1.165) is 12.8 Å². The lowest BCUT2D eigenvalue weighted by Crippen LogP contribution is -2.11. The van der Waals surface area contributed by atoms with Crippen molar-refractivity contribution in [3.05, 3.63) is 12.2 Å². The summed E-state index contributed by atoms with van der Waals surface area (Å²) in [6.45, 7) is 0.568. The number of esters is 1. The van der Waals surface area contributed by atoms with Gasteiger partial charge in [-0.25, -0.2) is 0 Å². The number of alkyl halides is 1. The van der Waals surface area contributed by atoms with Crippen LogP contribution in [0.2, 0.25) is 0 Å². The van der Waals surface area contributed by atoms with Gasteiger partial charge in [0.25, 0.3) is 0 Å². The van der Waals surface area contributed by atoms with E-state index in [1.807, 2.05) is 22.6 Å². The minimum Gasteiger partial charge on any atom is -0.464 e. The second-order valence-electron chi connectivity index (χ2n) is 2.58. The van der Waals surface area contributed by atoms with Crippen molar-refractivity contribution in [2.45, 2.75) is 12.8 Å². The Bertz CT molecular complexity index is 165. The number of halogens is 1. The van der Waals surface area contributed by atoms with Crippen molar-refractivity contribution < 1.29 is 9.53 Å². The Morgan fingerprint density at radius 1 is 1.73 bits per heavy atom. The fourth-order valence-corrected chi connectivity index (χ4v) is 1.29. The topological polar surface area (TPSA) is 26.3 Å². The normalized spacial score (nSPS) is 22.1. The fraction of sp³-hybridized carbons (Fsp3) is 0.625. The van der Waals surface area contributed by atoms with Crippen LogP contribution in [0.3, 0.4) is 0 Å². The lowest BCUT2D eigenvalue weighted by atomic mass is 10.1. The van der Waals surface area contributed by atoms with Crippen LogP contribution in [0.4, 0.5) is 0 Å². The highest BCUT2D eigenvalue weighted by atomic mass is 127. The van der Waals surface area contributed by atoms with Crippen LogP contribution in [-0.4, -0.2) is 17.0 Å². The van der Waals surface area contributed by atoms with Crippen molar-refractivity contribution in [2.24, 2.45) is 5.92 Å². The molecule has 0 saturated carbocycles. The predicted octanol–water partition coefficient (Wildman–Crippen LogP) is 1.93. The van der Waals surface area contributed by atoms with Crippen LogP contribution >= 0.6 is 22.6 Å². The van der Waals surface area contributed by atoms with Gasteiger partial charge in [0.15, 0.2) is 0 Å². The smallest absolute Gasteiger partial charge is 0.315 e. The average Bonchev–Trinajstić information content (AvgIpc) is 2.52. The van der Waals surface area contributed by atoms with Gasteiger partial charge in [-0.3, -0.25) is 4.79 Å². The first-order valence-electron chi connectivity index (χ1n) is 3.71. The maximum Gasteiger partial charge on any atom is 0.315 e. The standard InChI is InChI=1S/C8H11IO2/c9-5-8(10)11-6-7-3-1-2-4-7/h1,3,7H,2,4-6H2/t7-/m0/s1. The lowest BCUT2D eigenvalue weighted by molar-refractivity contribution is -0.141. The number of rotatable bonds is 3. The van der Waals surface area contributed by atoms with E-state index in [1.165, 1.54) is 0 Å². The number of ether oxygens (including phenoxy) is 1. The van der Waals surface area contributed by atoms with Crippen LogP contribution in [0, 0.1) is 5.92 Å². The number of hydrogen-bond donors (Lipinski definition) is 0. The number of hydrogen-bond acceptors (Lipinski definition) is 2. The zero-order valence-corrected chi connectivity index (χ0v) is 8.41. The van der Waals surface area contributed by atoms with Crippen LogP contribution in [0.5, 0.6) is 0 Å². The van der Waals surface area contributed by atoms with Crippen LogP contribution in [-0.2, 0) is 9.53 Å². The van der Waals surface area contributed by atoms with Gasteiger partial charge in [0.1, 0.15) is 0 Å². The van der Waals surface area contributed by atoms with E-state index in [-0.39, 0.29) is 5.97 Å². The summed E-state index contributed by atoms with van der Waals surface area (Å²) >= 11 is 2.01. The molecule has 0 N–H and O–H groups in total. The summed E-state index contributed by atoms with van der Waals surface area (Å²) in [6, 6.07) is 0. The first-order chi connectivity index (χ1) is 5.33. The molecule has 0 saturated heterocycles. The Labute approximate surface area is 80.1 Å². The van der Waals surface area contributed by atoms with E-state index in [1.54, 1.807) is 0 Å². The van der Waals surface area contributed by atoms with Crippen molar-refractivity contribution in [2.75, 3.05) is 11.0 Å². The Hall–Kier alpha value is -0.0600. The molecule has 0 radical (unpaired) electrons. The molecule has 0 bridgehead atoms. The van der Waals surface area contributed by atoms with Gasteiger partial charge in [-0.2, -0.15) is 0 Å². The molecule has 1 atom stereocenters. The molecule has 0 spiro atoms. The molecule has 0 heterocycles. The minimum absolute atomic E-state index is 0.106. The Morgan fingerprint density at radius 3 is 3.09 bits per heavy atom. The molecule has 0 fully saturated rings. The number of allylic oxidation sites excluding steroid dienone is 1. The van der Waals surface area contributed by atoms with E-state index in [0.29, 0.717) is 17.0 Å². The molecule has 0 aromatic carbocycles. The number of carbonyl (C=O) groups is 1. The first kappa shape index (κ1) is 9.03. The molecule has 2 nitrogen and oxygen atoms in total. The molecule has 11 heavy (non-hydrogen) atoms. The third kappa shape index (κ3) is 3.22. The maximum atomic E-state index is 10.7. The van der Waals surface area contributed by atoms with Crippen LogP contribution in [0.15, 0.2) is 12.2 Å². The van der Waals surface area contributed by atoms with Crippen molar-refractivity contribution in [3.63, 3.8) is 0 Å². The predicted molar refractivity (Wildman–Crippen MR) is 51.7 cm³/mol. The highest BCUT2D eigenvalue weighted by Crippen LogP contribution is 2.16. The van der Waals surface area contributed by atoms with Gasteiger partial charge < -0.3 is 4.74 Å². The zero-order valence-electron chi connectivity index (χ0n) is 6.25. The Kier molecular flexibility index (Phi) is 3.90. The molecule has 1 rings (SSSR count). The van der Waals surface area contributed by atoms with Crippen molar-refractivity contribution in [3.8, 4) is 0 Å². The Balaban J connectivity index is 2.11. The van der Waals surface area contributed by atoms with E-state index in [4.69, 9.17) is 4.74 Å². The fourth-order valence-electron chi connectivity index (χ4n) is 1.07. The molecule has 62 valence electrons. The second kappa shape index (κ2) is 4.74. The Morgan fingerprint density at radius 2 is 2.55 bits per heavy atom. The van der Waals surface area contributed by atoms with E-state index in [2.05, 4.69) is 12.2 Å². The number of carbonyl (C=O) groups excluding carboxylic acids is 1. The molecule has 0 amide bonds. The van der Waals surface area contributed by atoms with Crippen molar-refractivity contribution in [1.29, 1.82) is 0 Å². The van der Waals surface area contributed by atoms with Gasteiger partial charge >= 0.3 is 5.97 Å². The van der Waals surface area contributed by atoms with Gasteiger partial charge in [0.2, 0.25) is 0 Å². The summed E-state index contributed by atoms with van der Waals surface area (Å²) in [5, 5.41) is 0. The summed E-state index contributed by atoms with van der Waals surface area (Å²) in [6.07, 6.45) is 6.53. The van der Waals surface area contributed by atoms with Crippen LogP contribution in [0.1, 0.15) is 12.8 Å². The lowest BCUT2D eigenvalue weighted by Gasteiger charge is -2.06. The molecule has 1 aliphatic carbocycles. The molecular weight excluding hydrogens is 255 g/mol. The molecule has 0 aromatic heterocycles. The van der Waals surface area contributed by atoms with Crippen molar-refractivity contribution >= 4 is 28.6 Å². The zero-order chi connectivity index (χ0) is 8.10. The molecule has 1 aliphatic rings. The monoisotopic (exact) mass is 266 g/mol. The minimum atomic E-state index is -0.106. The molecule has 0 aromatic rings. The first-order valence-corrected chi connectivity index (χ1v) is 5.23. The maximum absolute atomic E-state index is 10.7.